The zero-order valence-corrected chi connectivity index (χ0v) is 11.8. The van der Waals surface area contributed by atoms with Crippen molar-refractivity contribution in [2.75, 3.05) is 6.61 Å². The van der Waals surface area contributed by atoms with Crippen molar-refractivity contribution < 1.29 is 9.57 Å². The maximum Gasteiger partial charge on any atom is 0.187 e. The maximum atomic E-state index is 9.21. The lowest BCUT2D eigenvalue weighted by Crippen LogP contribution is -2.06. The molecule has 4 heteroatoms. The third kappa shape index (κ3) is 4.08. The van der Waals surface area contributed by atoms with Gasteiger partial charge >= 0.3 is 0 Å². The molecular weight excluding hydrogens is 264 g/mol. The first-order valence-corrected chi connectivity index (χ1v) is 6.71. The van der Waals surface area contributed by atoms with E-state index in [9.17, 15) is 5.26 Å². The van der Waals surface area contributed by atoms with Gasteiger partial charge in [0.2, 0.25) is 0 Å². The minimum absolute atomic E-state index is 0.254. The van der Waals surface area contributed by atoms with Crippen LogP contribution in [0.15, 0.2) is 59.8 Å². The van der Waals surface area contributed by atoms with Crippen molar-refractivity contribution in [3.63, 3.8) is 0 Å². The smallest absolute Gasteiger partial charge is 0.187 e. The second-order valence-corrected chi connectivity index (χ2v) is 4.23. The van der Waals surface area contributed by atoms with E-state index in [0.717, 1.165) is 16.9 Å². The number of ether oxygens (including phenoxy) is 1. The second kappa shape index (κ2) is 7.71. The van der Waals surface area contributed by atoms with Crippen LogP contribution in [0.25, 0.3) is 0 Å². The van der Waals surface area contributed by atoms with E-state index in [2.05, 4.69) is 11.2 Å². The molecule has 0 saturated carbocycles. The third-order valence-corrected chi connectivity index (χ3v) is 2.80. The lowest BCUT2D eigenvalue weighted by Gasteiger charge is -2.09. The molecule has 0 aliphatic carbocycles. The van der Waals surface area contributed by atoms with Crippen LogP contribution in [0.3, 0.4) is 0 Å². The summed E-state index contributed by atoms with van der Waals surface area (Å²) in [5.74, 6) is 0.785. The van der Waals surface area contributed by atoms with Gasteiger partial charge in [0.05, 0.1) is 0 Å². The molecule has 2 aromatic rings. The standard InChI is InChI=1S/C17H16N2O2/c1-2-21-19-17(12-18)16-11-7-6-8-14(16)13-20-15-9-4-3-5-10-15/h3-11H,2,13H2,1H3. The van der Waals surface area contributed by atoms with Crippen molar-refractivity contribution in [1.29, 1.82) is 5.26 Å². The van der Waals surface area contributed by atoms with Crippen molar-refractivity contribution in [2.24, 2.45) is 5.16 Å². The summed E-state index contributed by atoms with van der Waals surface area (Å²) in [6, 6.07) is 19.1. The highest BCUT2D eigenvalue weighted by Crippen LogP contribution is 2.15. The van der Waals surface area contributed by atoms with Gasteiger partial charge in [-0.3, -0.25) is 0 Å². The first kappa shape index (κ1) is 14.6. The van der Waals surface area contributed by atoms with Crippen molar-refractivity contribution in [2.45, 2.75) is 13.5 Å². The lowest BCUT2D eigenvalue weighted by molar-refractivity contribution is 0.159. The van der Waals surface area contributed by atoms with Crippen molar-refractivity contribution >= 4 is 5.71 Å². The summed E-state index contributed by atoms with van der Waals surface area (Å²) in [6.45, 7) is 2.61. The number of para-hydroxylation sites is 1. The Morgan fingerprint density at radius 1 is 1.10 bits per heavy atom. The summed E-state index contributed by atoms with van der Waals surface area (Å²) in [4.78, 5) is 4.98. The number of hydrogen-bond acceptors (Lipinski definition) is 4. The minimum Gasteiger partial charge on any atom is -0.489 e. The van der Waals surface area contributed by atoms with Gasteiger partial charge in [-0.25, -0.2) is 0 Å². The first-order valence-electron chi connectivity index (χ1n) is 6.71. The Hall–Kier alpha value is -2.80. The predicted octanol–water partition coefficient (Wildman–Crippen LogP) is 3.53. The average molecular weight is 280 g/mol. The fourth-order valence-corrected chi connectivity index (χ4v) is 1.81. The van der Waals surface area contributed by atoms with Crippen LogP contribution < -0.4 is 4.74 Å². The van der Waals surface area contributed by atoms with Crippen LogP contribution in [0, 0.1) is 11.3 Å². The van der Waals surface area contributed by atoms with Crippen LogP contribution in [-0.2, 0) is 11.4 Å². The van der Waals surface area contributed by atoms with Crippen LogP contribution in [-0.4, -0.2) is 12.3 Å². The molecule has 4 nitrogen and oxygen atoms in total. The van der Waals surface area contributed by atoms with Gasteiger partial charge in [0.15, 0.2) is 5.71 Å². The molecule has 0 fully saturated rings. The number of benzene rings is 2. The number of rotatable bonds is 6. The quantitative estimate of drug-likeness (QED) is 0.601. The van der Waals surface area contributed by atoms with Crippen LogP contribution in [0.1, 0.15) is 18.1 Å². The van der Waals surface area contributed by atoms with Gasteiger partial charge in [0, 0.05) is 5.56 Å². The van der Waals surface area contributed by atoms with Crippen molar-refractivity contribution in [3.05, 3.63) is 65.7 Å². The van der Waals surface area contributed by atoms with E-state index in [0.29, 0.717) is 13.2 Å². The predicted molar refractivity (Wildman–Crippen MR) is 81.0 cm³/mol. The van der Waals surface area contributed by atoms with E-state index in [-0.39, 0.29) is 5.71 Å². The van der Waals surface area contributed by atoms with Crippen LogP contribution in [0.5, 0.6) is 5.75 Å². The van der Waals surface area contributed by atoms with Gasteiger partial charge < -0.3 is 9.57 Å². The summed E-state index contributed by atoms with van der Waals surface area (Å²) < 4.78 is 5.73. The van der Waals surface area contributed by atoms with Gasteiger partial charge in [-0.15, -0.1) is 0 Å². The molecule has 0 unspecified atom stereocenters. The van der Waals surface area contributed by atoms with Gasteiger partial charge in [-0.2, -0.15) is 5.26 Å². The largest absolute Gasteiger partial charge is 0.489 e. The maximum absolute atomic E-state index is 9.21. The van der Waals surface area contributed by atoms with E-state index in [1.807, 2.05) is 61.5 Å². The molecule has 0 amide bonds. The molecule has 0 heterocycles. The molecule has 2 rings (SSSR count). The highest BCUT2D eigenvalue weighted by molar-refractivity contribution is 6.12. The van der Waals surface area contributed by atoms with E-state index < -0.39 is 0 Å². The monoisotopic (exact) mass is 280 g/mol. The lowest BCUT2D eigenvalue weighted by atomic mass is 10.0. The number of oxime groups is 1. The highest BCUT2D eigenvalue weighted by atomic mass is 16.6. The minimum atomic E-state index is 0.254. The molecule has 0 spiro atoms. The Morgan fingerprint density at radius 2 is 1.81 bits per heavy atom. The molecule has 0 aromatic heterocycles. The number of nitriles is 1. The zero-order chi connectivity index (χ0) is 14.9. The molecule has 0 aliphatic heterocycles. The van der Waals surface area contributed by atoms with Gasteiger partial charge in [0.25, 0.3) is 0 Å². The Labute approximate surface area is 124 Å². The molecule has 0 bridgehead atoms. The molecular formula is C17H16N2O2. The normalized spacial score (nSPS) is 10.8. The van der Waals surface area contributed by atoms with E-state index in [4.69, 9.17) is 9.57 Å². The first-order chi connectivity index (χ1) is 10.3. The highest BCUT2D eigenvalue weighted by Gasteiger charge is 2.10. The topological polar surface area (TPSA) is 54.6 Å². The summed E-state index contributed by atoms with van der Waals surface area (Å²) >= 11 is 0. The Bertz CT molecular complexity index is 645. The summed E-state index contributed by atoms with van der Waals surface area (Å²) in [6.07, 6.45) is 0. The summed E-state index contributed by atoms with van der Waals surface area (Å²) in [5.41, 5.74) is 1.87. The molecule has 0 aliphatic rings. The Morgan fingerprint density at radius 3 is 2.52 bits per heavy atom. The van der Waals surface area contributed by atoms with Gasteiger partial charge in [-0.1, -0.05) is 47.6 Å². The van der Waals surface area contributed by atoms with E-state index in [1.54, 1.807) is 0 Å². The second-order valence-electron chi connectivity index (χ2n) is 4.23. The van der Waals surface area contributed by atoms with Crippen LogP contribution in [0.4, 0.5) is 0 Å². The zero-order valence-electron chi connectivity index (χ0n) is 11.8. The molecule has 2 aromatic carbocycles. The van der Waals surface area contributed by atoms with Gasteiger partial charge in [-0.05, 0) is 24.6 Å². The third-order valence-electron chi connectivity index (χ3n) is 2.80. The molecule has 0 atom stereocenters. The number of hydrogen-bond donors (Lipinski definition) is 0. The Kier molecular flexibility index (Phi) is 5.36. The molecule has 106 valence electrons. The summed E-state index contributed by atoms with van der Waals surface area (Å²) in [7, 11) is 0. The molecule has 0 radical (unpaired) electrons. The van der Waals surface area contributed by atoms with Crippen molar-refractivity contribution in [1.82, 2.24) is 0 Å². The molecule has 0 saturated heterocycles. The SMILES string of the molecule is CCON=C(C#N)c1ccccc1COc1ccccc1. The van der Waals surface area contributed by atoms with Crippen molar-refractivity contribution in [3.8, 4) is 11.8 Å². The fraction of sp³-hybridized carbons (Fsp3) is 0.176. The van der Waals surface area contributed by atoms with E-state index in [1.165, 1.54) is 0 Å². The fourth-order valence-electron chi connectivity index (χ4n) is 1.81. The van der Waals surface area contributed by atoms with Crippen LogP contribution in [0.2, 0.25) is 0 Å². The number of nitrogens with zero attached hydrogens (tertiary/aromatic N) is 2. The van der Waals surface area contributed by atoms with E-state index >= 15 is 0 Å². The molecule has 21 heavy (non-hydrogen) atoms. The van der Waals surface area contributed by atoms with Gasteiger partial charge in [0.1, 0.15) is 25.0 Å². The summed E-state index contributed by atoms with van der Waals surface area (Å²) in [5, 5.41) is 13.1. The Balaban J connectivity index is 2.19. The average Bonchev–Trinajstić information content (AvgIpc) is 2.55. The van der Waals surface area contributed by atoms with Crippen LogP contribution >= 0.6 is 0 Å². The molecule has 0 N–H and O–H groups in total.